The van der Waals surface area contributed by atoms with Gasteiger partial charge in [0.25, 0.3) is 0 Å². The van der Waals surface area contributed by atoms with E-state index >= 15 is 0 Å². The molecule has 5 nitrogen and oxygen atoms in total. The first kappa shape index (κ1) is 16.2. The Morgan fingerprint density at radius 3 is 2.55 bits per heavy atom. The Hall–Kier alpha value is -2.13. The Balaban J connectivity index is 2.28. The molecule has 22 heavy (non-hydrogen) atoms. The Kier molecular flexibility index (Phi) is 5.34. The molecule has 5 heteroatoms. The Morgan fingerprint density at radius 1 is 1.23 bits per heavy atom. The van der Waals surface area contributed by atoms with Crippen molar-refractivity contribution in [2.24, 2.45) is 10.5 Å². The SMILES string of the molecule is Cc1ccccc1CC1(CCCN=[N+]=[N-])C(=O)CCCC1=O. The summed E-state index contributed by atoms with van der Waals surface area (Å²) in [7, 11) is 0. The highest BCUT2D eigenvalue weighted by molar-refractivity contribution is 6.09. The van der Waals surface area contributed by atoms with Crippen LogP contribution in [0.2, 0.25) is 0 Å². The molecule has 1 aliphatic rings. The average Bonchev–Trinajstić information content (AvgIpc) is 2.51. The zero-order valence-electron chi connectivity index (χ0n) is 12.9. The maximum absolute atomic E-state index is 12.6. The summed E-state index contributed by atoms with van der Waals surface area (Å²) >= 11 is 0. The van der Waals surface area contributed by atoms with Crippen LogP contribution in [-0.2, 0) is 16.0 Å². The van der Waals surface area contributed by atoms with E-state index in [-0.39, 0.29) is 11.6 Å². The third-order valence-electron chi connectivity index (χ3n) is 4.55. The van der Waals surface area contributed by atoms with Gasteiger partial charge in [0.1, 0.15) is 11.6 Å². The molecule has 0 amide bonds. The Bertz CT molecular complexity index is 602. The van der Waals surface area contributed by atoms with E-state index in [0.717, 1.165) is 11.1 Å². The third-order valence-corrected chi connectivity index (χ3v) is 4.55. The predicted molar refractivity (Wildman–Crippen MR) is 84.4 cm³/mol. The van der Waals surface area contributed by atoms with Crippen molar-refractivity contribution < 1.29 is 9.59 Å². The zero-order chi connectivity index (χ0) is 16.0. The van der Waals surface area contributed by atoms with Crippen LogP contribution in [0, 0.1) is 12.3 Å². The fourth-order valence-corrected chi connectivity index (χ4v) is 3.24. The molecule has 0 aliphatic heterocycles. The number of Topliss-reactive ketones (excluding diaryl/α,β-unsaturated/α-hetero) is 2. The molecule has 0 bridgehead atoms. The second-order valence-corrected chi connectivity index (χ2v) is 5.94. The van der Waals surface area contributed by atoms with Crippen LogP contribution < -0.4 is 0 Å². The summed E-state index contributed by atoms with van der Waals surface area (Å²) < 4.78 is 0. The molecule has 0 heterocycles. The number of carbonyl (C=O) groups excluding carboxylic acids is 2. The summed E-state index contributed by atoms with van der Waals surface area (Å²) in [5.41, 5.74) is 9.60. The minimum Gasteiger partial charge on any atom is -0.299 e. The standard InChI is InChI=1S/C17H21N3O2/c1-13-6-2-3-7-14(13)12-17(10-5-11-19-20-18)15(21)8-4-9-16(17)22/h2-3,6-7H,4-5,8-12H2,1H3. The van der Waals surface area contributed by atoms with Crippen molar-refractivity contribution in [1.29, 1.82) is 0 Å². The van der Waals surface area contributed by atoms with Crippen molar-refractivity contribution >= 4 is 11.6 Å². The van der Waals surface area contributed by atoms with E-state index in [2.05, 4.69) is 10.0 Å². The van der Waals surface area contributed by atoms with E-state index in [0.29, 0.717) is 45.1 Å². The molecule has 0 unspecified atom stereocenters. The van der Waals surface area contributed by atoms with Gasteiger partial charge >= 0.3 is 0 Å². The van der Waals surface area contributed by atoms with Gasteiger partial charge in [0.05, 0.1) is 5.41 Å². The number of hydrogen-bond donors (Lipinski definition) is 0. The van der Waals surface area contributed by atoms with Crippen LogP contribution in [-0.4, -0.2) is 18.1 Å². The summed E-state index contributed by atoms with van der Waals surface area (Å²) in [5, 5.41) is 3.52. The molecule has 0 spiro atoms. The molecule has 1 saturated carbocycles. The fourth-order valence-electron chi connectivity index (χ4n) is 3.24. The smallest absolute Gasteiger partial charge is 0.146 e. The minimum atomic E-state index is -0.921. The molecule has 1 aromatic carbocycles. The van der Waals surface area contributed by atoms with Crippen molar-refractivity contribution in [3.8, 4) is 0 Å². The molecule has 2 rings (SSSR count). The minimum absolute atomic E-state index is 0.0490. The third kappa shape index (κ3) is 3.37. The van der Waals surface area contributed by atoms with Crippen molar-refractivity contribution in [2.45, 2.75) is 45.4 Å². The van der Waals surface area contributed by atoms with E-state index < -0.39 is 5.41 Å². The van der Waals surface area contributed by atoms with Crippen LogP contribution >= 0.6 is 0 Å². The van der Waals surface area contributed by atoms with Crippen LogP contribution in [0.25, 0.3) is 10.4 Å². The molecular weight excluding hydrogens is 278 g/mol. The first-order valence-electron chi connectivity index (χ1n) is 7.72. The highest BCUT2D eigenvalue weighted by Gasteiger charge is 2.46. The summed E-state index contributed by atoms with van der Waals surface area (Å²) in [5.74, 6) is 0.0980. The summed E-state index contributed by atoms with van der Waals surface area (Å²) in [6, 6.07) is 7.88. The number of azide groups is 1. The molecule has 116 valence electrons. The lowest BCUT2D eigenvalue weighted by atomic mass is 9.65. The molecule has 0 saturated heterocycles. The molecule has 1 aliphatic carbocycles. The second-order valence-electron chi connectivity index (χ2n) is 5.94. The monoisotopic (exact) mass is 299 g/mol. The Labute approximate surface area is 130 Å². The average molecular weight is 299 g/mol. The number of nitrogens with zero attached hydrogens (tertiary/aromatic N) is 3. The first-order chi connectivity index (χ1) is 10.6. The number of hydrogen-bond acceptors (Lipinski definition) is 3. The van der Waals surface area contributed by atoms with Crippen molar-refractivity contribution in [1.82, 2.24) is 0 Å². The normalized spacial score (nSPS) is 17.1. The predicted octanol–water partition coefficient (Wildman–Crippen LogP) is 3.94. The van der Waals surface area contributed by atoms with E-state index in [9.17, 15) is 9.59 Å². The number of benzene rings is 1. The number of carbonyl (C=O) groups is 2. The second kappa shape index (κ2) is 7.23. The highest BCUT2D eigenvalue weighted by Crippen LogP contribution is 2.38. The highest BCUT2D eigenvalue weighted by atomic mass is 16.2. The molecule has 0 N–H and O–H groups in total. The molecule has 0 aromatic heterocycles. The number of rotatable bonds is 6. The summed E-state index contributed by atoms with van der Waals surface area (Å²) in [4.78, 5) is 27.9. The van der Waals surface area contributed by atoms with Gasteiger partial charge in [-0.2, -0.15) is 0 Å². The van der Waals surface area contributed by atoms with E-state index in [1.165, 1.54) is 0 Å². The number of ketones is 2. The molecule has 0 atom stereocenters. The van der Waals surface area contributed by atoms with Gasteiger partial charge in [0.15, 0.2) is 0 Å². The number of aryl methyl sites for hydroxylation is 1. The summed E-state index contributed by atoms with van der Waals surface area (Å²) in [6.07, 6.45) is 3.10. The van der Waals surface area contributed by atoms with E-state index in [4.69, 9.17) is 5.53 Å². The maximum atomic E-state index is 12.6. The fraction of sp³-hybridized carbons (Fsp3) is 0.529. The van der Waals surface area contributed by atoms with Crippen molar-refractivity contribution in [2.75, 3.05) is 6.54 Å². The first-order valence-corrected chi connectivity index (χ1v) is 7.72. The zero-order valence-corrected chi connectivity index (χ0v) is 12.9. The van der Waals surface area contributed by atoms with Crippen LogP contribution in [0.3, 0.4) is 0 Å². The van der Waals surface area contributed by atoms with Crippen molar-refractivity contribution in [3.63, 3.8) is 0 Å². The van der Waals surface area contributed by atoms with Gasteiger partial charge in [0, 0.05) is 24.3 Å². The molecule has 1 aromatic rings. The molecule has 0 radical (unpaired) electrons. The lowest BCUT2D eigenvalue weighted by molar-refractivity contribution is -0.144. The van der Waals surface area contributed by atoms with Gasteiger partial charge in [-0.1, -0.05) is 29.4 Å². The lowest BCUT2D eigenvalue weighted by Gasteiger charge is -2.35. The topological polar surface area (TPSA) is 82.9 Å². The molecule has 1 fully saturated rings. The van der Waals surface area contributed by atoms with Gasteiger partial charge in [-0.3, -0.25) is 9.59 Å². The van der Waals surface area contributed by atoms with Crippen LogP contribution in [0.5, 0.6) is 0 Å². The Morgan fingerprint density at radius 2 is 1.91 bits per heavy atom. The van der Waals surface area contributed by atoms with Crippen LogP contribution in [0.4, 0.5) is 0 Å². The molecular formula is C17H21N3O2. The van der Waals surface area contributed by atoms with Crippen LogP contribution in [0.15, 0.2) is 29.4 Å². The summed E-state index contributed by atoms with van der Waals surface area (Å²) in [6.45, 7) is 2.33. The van der Waals surface area contributed by atoms with E-state index in [1.807, 2.05) is 31.2 Å². The maximum Gasteiger partial charge on any atom is 0.146 e. The van der Waals surface area contributed by atoms with Gasteiger partial charge in [0.2, 0.25) is 0 Å². The van der Waals surface area contributed by atoms with Gasteiger partial charge in [-0.15, -0.1) is 0 Å². The van der Waals surface area contributed by atoms with Gasteiger partial charge in [-0.25, -0.2) is 0 Å². The largest absolute Gasteiger partial charge is 0.299 e. The van der Waals surface area contributed by atoms with E-state index in [1.54, 1.807) is 0 Å². The van der Waals surface area contributed by atoms with Gasteiger partial charge < -0.3 is 0 Å². The van der Waals surface area contributed by atoms with Crippen molar-refractivity contribution in [3.05, 3.63) is 45.8 Å². The lowest BCUT2D eigenvalue weighted by Crippen LogP contribution is -2.44. The quantitative estimate of drug-likeness (QED) is 0.262. The van der Waals surface area contributed by atoms with Crippen LogP contribution in [0.1, 0.15) is 43.2 Å². The van der Waals surface area contributed by atoms with Gasteiger partial charge in [-0.05, 0) is 49.3 Å².